The minimum atomic E-state index is 0.113. The normalized spacial score (nSPS) is 17.8. The molecular weight excluding hydrogens is 286 g/mol. The van der Waals surface area contributed by atoms with Crippen LogP contribution in [0, 0.1) is 0 Å². The van der Waals surface area contributed by atoms with Crippen LogP contribution < -0.4 is 4.74 Å². The summed E-state index contributed by atoms with van der Waals surface area (Å²) in [6.07, 6.45) is 3.40. The lowest BCUT2D eigenvalue weighted by atomic mass is 10.0. The summed E-state index contributed by atoms with van der Waals surface area (Å²) in [5.74, 6) is 0.853. The number of rotatable bonds is 4. The molecule has 0 aromatic heterocycles. The van der Waals surface area contributed by atoms with Crippen molar-refractivity contribution in [2.45, 2.75) is 38.8 Å². The molecular formula is C20H23NO2. The molecule has 0 saturated carbocycles. The maximum absolute atomic E-state index is 12.7. The maximum atomic E-state index is 12.7. The molecule has 1 fully saturated rings. The van der Waals surface area contributed by atoms with Crippen molar-refractivity contribution in [3.8, 4) is 5.75 Å². The van der Waals surface area contributed by atoms with Gasteiger partial charge >= 0.3 is 0 Å². The van der Waals surface area contributed by atoms with E-state index in [4.69, 9.17) is 4.74 Å². The molecule has 0 bridgehead atoms. The van der Waals surface area contributed by atoms with Gasteiger partial charge in [0.05, 0.1) is 0 Å². The molecule has 23 heavy (non-hydrogen) atoms. The van der Waals surface area contributed by atoms with Crippen molar-refractivity contribution in [3.05, 3.63) is 65.7 Å². The predicted molar refractivity (Wildman–Crippen MR) is 91.6 cm³/mol. The SMILES string of the molecule is CC1CCCCN1C(=O)c1cccc(OCc2ccccc2)c1. The fourth-order valence-electron chi connectivity index (χ4n) is 3.03. The Morgan fingerprint density at radius 2 is 1.96 bits per heavy atom. The highest BCUT2D eigenvalue weighted by Crippen LogP contribution is 2.21. The number of carbonyl (C=O) groups excluding carboxylic acids is 1. The molecule has 3 nitrogen and oxygen atoms in total. The van der Waals surface area contributed by atoms with Crippen LogP contribution in [0.5, 0.6) is 5.75 Å². The van der Waals surface area contributed by atoms with Gasteiger partial charge in [-0.3, -0.25) is 4.79 Å². The van der Waals surface area contributed by atoms with E-state index in [0.717, 1.165) is 30.7 Å². The van der Waals surface area contributed by atoms with Crippen LogP contribution in [0.25, 0.3) is 0 Å². The molecule has 0 radical (unpaired) electrons. The Bertz CT molecular complexity index is 654. The van der Waals surface area contributed by atoms with Crippen LogP contribution in [-0.2, 0) is 6.61 Å². The smallest absolute Gasteiger partial charge is 0.254 e. The number of likely N-dealkylation sites (tertiary alicyclic amines) is 1. The second-order valence-corrected chi connectivity index (χ2v) is 6.15. The lowest BCUT2D eigenvalue weighted by Crippen LogP contribution is -2.42. The number of ether oxygens (including phenoxy) is 1. The Morgan fingerprint density at radius 1 is 1.13 bits per heavy atom. The maximum Gasteiger partial charge on any atom is 0.254 e. The van der Waals surface area contributed by atoms with Crippen LogP contribution in [-0.4, -0.2) is 23.4 Å². The largest absolute Gasteiger partial charge is 0.489 e. The fraction of sp³-hybridized carbons (Fsp3) is 0.350. The van der Waals surface area contributed by atoms with E-state index >= 15 is 0 Å². The van der Waals surface area contributed by atoms with Gasteiger partial charge < -0.3 is 9.64 Å². The molecule has 1 aliphatic heterocycles. The van der Waals surface area contributed by atoms with Gasteiger partial charge in [0.1, 0.15) is 12.4 Å². The minimum absolute atomic E-state index is 0.113. The molecule has 1 aliphatic rings. The van der Waals surface area contributed by atoms with Gasteiger partial charge in [0.2, 0.25) is 0 Å². The average molecular weight is 309 g/mol. The summed E-state index contributed by atoms with van der Waals surface area (Å²) in [5, 5.41) is 0. The second-order valence-electron chi connectivity index (χ2n) is 6.15. The van der Waals surface area contributed by atoms with E-state index in [0.29, 0.717) is 18.2 Å². The molecule has 1 saturated heterocycles. The summed E-state index contributed by atoms with van der Waals surface area (Å²) >= 11 is 0. The average Bonchev–Trinajstić information content (AvgIpc) is 2.61. The Balaban J connectivity index is 1.68. The summed E-state index contributed by atoms with van der Waals surface area (Å²) in [6.45, 7) is 3.50. The Hall–Kier alpha value is -2.29. The van der Waals surface area contributed by atoms with E-state index in [9.17, 15) is 4.79 Å². The van der Waals surface area contributed by atoms with Crippen LogP contribution in [0.2, 0.25) is 0 Å². The van der Waals surface area contributed by atoms with Gasteiger partial charge in [-0.2, -0.15) is 0 Å². The van der Waals surface area contributed by atoms with Gasteiger partial charge in [0.25, 0.3) is 5.91 Å². The third-order valence-electron chi connectivity index (χ3n) is 4.39. The van der Waals surface area contributed by atoms with Gasteiger partial charge in [0.15, 0.2) is 0 Å². The standard InChI is InChI=1S/C20H23NO2/c1-16-8-5-6-13-21(16)20(22)18-11-7-12-19(14-18)23-15-17-9-3-2-4-10-17/h2-4,7,9-12,14,16H,5-6,8,13,15H2,1H3. The topological polar surface area (TPSA) is 29.5 Å². The van der Waals surface area contributed by atoms with E-state index < -0.39 is 0 Å². The molecule has 3 rings (SSSR count). The first-order valence-electron chi connectivity index (χ1n) is 8.32. The molecule has 2 aromatic carbocycles. The van der Waals surface area contributed by atoms with Gasteiger partial charge in [-0.1, -0.05) is 36.4 Å². The summed E-state index contributed by atoms with van der Waals surface area (Å²) in [6, 6.07) is 17.9. The molecule has 0 spiro atoms. The van der Waals surface area contributed by atoms with Crippen molar-refractivity contribution in [1.82, 2.24) is 4.90 Å². The number of carbonyl (C=O) groups is 1. The molecule has 1 atom stereocenters. The predicted octanol–water partition coefficient (Wildman–Crippen LogP) is 4.28. The number of hydrogen-bond donors (Lipinski definition) is 0. The number of hydrogen-bond acceptors (Lipinski definition) is 2. The van der Waals surface area contributed by atoms with Gasteiger partial charge in [0, 0.05) is 18.2 Å². The Kier molecular flexibility index (Phi) is 4.96. The molecule has 2 aromatic rings. The molecule has 0 N–H and O–H groups in total. The van der Waals surface area contributed by atoms with E-state index in [1.165, 1.54) is 6.42 Å². The summed E-state index contributed by atoms with van der Waals surface area (Å²) in [5.41, 5.74) is 1.83. The summed E-state index contributed by atoms with van der Waals surface area (Å²) < 4.78 is 5.83. The van der Waals surface area contributed by atoms with E-state index in [1.807, 2.05) is 59.5 Å². The van der Waals surface area contributed by atoms with E-state index in [2.05, 4.69) is 6.92 Å². The molecule has 120 valence electrons. The zero-order valence-electron chi connectivity index (χ0n) is 13.6. The van der Waals surface area contributed by atoms with Crippen LogP contribution in [0.15, 0.2) is 54.6 Å². The number of piperidine rings is 1. The van der Waals surface area contributed by atoms with Crippen LogP contribution in [0.3, 0.4) is 0 Å². The lowest BCUT2D eigenvalue weighted by Gasteiger charge is -2.33. The zero-order chi connectivity index (χ0) is 16.1. The lowest BCUT2D eigenvalue weighted by molar-refractivity contribution is 0.0635. The Labute approximate surface area is 137 Å². The highest BCUT2D eigenvalue weighted by molar-refractivity contribution is 5.94. The molecule has 1 unspecified atom stereocenters. The monoisotopic (exact) mass is 309 g/mol. The third kappa shape index (κ3) is 3.92. The molecule has 0 aliphatic carbocycles. The minimum Gasteiger partial charge on any atom is -0.489 e. The molecule has 3 heteroatoms. The quantitative estimate of drug-likeness (QED) is 0.843. The number of amides is 1. The number of nitrogens with zero attached hydrogens (tertiary/aromatic N) is 1. The van der Waals surface area contributed by atoms with E-state index in [1.54, 1.807) is 0 Å². The first-order valence-corrected chi connectivity index (χ1v) is 8.32. The molecule has 1 heterocycles. The fourth-order valence-corrected chi connectivity index (χ4v) is 3.03. The second kappa shape index (κ2) is 7.32. The highest BCUT2D eigenvalue weighted by atomic mass is 16.5. The van der Waals surface area contributed by atoms with Crippen molar-refractivity contribution >= 4 is 5.91 Å². The summed E-state index contributed by atoms with van der Waals surface area (Å²) in [4.78, 5) is 14.7. The summed E-state index contributed by atoms with van der Waals surface area (Å²) in [7, 11) is 0. The van der Waals surface area contributed by atoms with Crippen molar-refractivity contribution in [2.24, 2.45) is 0 Å². The van der Waals surface area contributed by atoms with E-state index in [-0.39, 0.29) is 5.91 Å². The third-order valence-corrected chi connectivity index (χ3v) is 4.39. The first-order chi connectivity index (χ1) is 11.2. The van der Waals surface area contributed by atoms with Crippen molar-refractivity contribution in [1.29, 1.82) is 0 Å². The zero-order valence-corrected chi connectivity index (χ0v) is 13.6. The Morgan fingerprint density at radius 3 is 2.74 bits per heavy atom. The van der Waals surface area contributed by atoms with Crippen molar-refractivity contribution < 1.29 is 9.53 Å². The van der Waals surface area contributed by atoms with Gasteiger partial charge in [-0.15, -0.1) is 0 Å². The van der Waals surface area contributed by atoms with Crippen LogP contribution in [0.4, 0.5) is 0 Å². The van der Waals surface area contributed by atoms with Gasteiger partial charge in [-0.25, -0.2) is 0 Å². The number of benzene rings is 2. The van der Waals surface area contributed by atoms with Crippen LogP contribution in [0.1, 0.15) is 42.1 Å². The first kappa shape index (κ1) is 15.6. The van der Waals surface area contributed by atoms with Gasteiger partial charge in [-0.05, 0) is 49.9 Å². The molecule has 1 amide bonds. The van der Waals surface area contributed by atoms with Crippen molar-refractivity contribution in [3.63, 3.8) is 0 Å². The van der Waals surface area contributed by atoms with Crippen molar-refractivity contribution in [2.75, 3.05) is 6.54 Å². The van der Waals surface area contributed by atoms with Crippen LogP contribution >= 0.6 is 0 Å². The highest BCUT2D eigenvalue weighted by Gasteiger charge is 2.24.